The van der Waals surface area contributed by atoms with E-state index in [9.17, 15) is 9.59 Å². The molecule has 3 N–H and O–H groups in total. The van der Waals surface area contributed by atoms with Gasteiger partial charge in [-0.3, -0.25) is 9.59 Å². The van der Waals surface area contributed by atoms with E-state index in [0.717, 1.165) is 38.0 Å². The molecule has 2 fully saturated rings. The number of fused-ring (bicyclic) bond motifs is 1. The second kappa shape index (κ2) is 8.42. The van der Waals surface area contributed by atoms with Crippen LogP contribution in [-0.4, -0.2) is 24.9 Å². The van der Waals surface area contributed by atoms with Crippen molar-refractivity contribution in [2.75, 3.05) is 23.7 Å². The highest BCUT2D eigenvalue weighted by molar-refractivity contribution is 7.12. The van der Waals surface area contributed by atoms with Crippen molar-refractivity contribution < 1.29 is 9.59 Å². The van der Waals surface area contributed by atoms with Gasteiger partial charge in [0.05, 0.1) is 10.3 Å². The fourth-order valence-electron chi connectivity index (χ4n) is 4.22. The van der Waals surface area contributed by atoms with E-state index in [1.165, 1.54) is 17.8 Å². The Hall–Kier alpha value is -1.89. The molecule has 1 aromatic carbocycles. The van der Waals surface area contributed by atoms with Crippen LogP contribution < -0.4 is 16.0 Å². The summed E-state index contributed by atoms with van der Waals surface area (Å²) in [4.78, 5) is 25.9. The average Bonchev–Trinajstić information content (AvgIpc) is 3.32. The summed E-state index contributed by atoms with van der Waals surface area (Å²) in [7, 11) is 0. The molecule has 2 atom stereocenters. The van der Waals surface area contributed by atoms with Crippen molar-refractivity contribution in [2.45, 2.75) is 25.7 Å². The lowest BCUT2D eigenvalue weighted by Crippen LogP contribution is -2.44. The predicted molar refractivity (Wildman–Crippen MR) is 112 cm³/mol. The quantitative estimate of drug-likeness (QED) is 0.715. The molecule has 1 aliphatic carbocycles. The lowest BCUT2D eigenvalue weighted by atomic mass is 9.67. The highest BCUT2D eigenvalue weighted by Crippen LogP contribution is 2.44. The summed E-state index contributed by atoms with van der Waals surface area (Å²) in [5, 5.41) is 11.3. The zero-order chi connectivity index (χ0) is 18.0. The molecule has 1 saturated carbocycles. The summed E-state index contributed by atoms with van der Waals surface area (Å²) in [5.41, 5.74) is 1.13. The third-order valence-corrected chi connectivity index (χ3v) is 6.48. The van der Waals surface area contributed by atoms with Gasteiger partial charge in [0.25, 0.3) is 5.91 Å². The summed E-state index contributed by atoms with van der Waals surface area (Å²) in [5.74, 6) is 0.404. The Labute approximate surface area is 169 Å². The van der Waals surface area contributed by atoms with E-state index in [1.54, 1.807) is 6.07 Å². The van der Waals surface area contributed by atoms with E-state index in [4.69, 9.17) is 0 Å². The predicted octanol–water partition coefficient (Wildman–Crippen LogP) is 4.14. The van der Waals surface area contributed by atoms with Crippen molar-refractivity contribution in [3.8, 4) is 0 Å². The molecule has 4 rings (SSSR count). The number of hydrogen-bond donors (Lipinski definition) is 3. The number of halogens is 1. The van der Waals surface area contributed by atoms with Crippen molar-refractivity contribution in [2.24, 2.45) is 11.3 Å². The van der Waals surface area contributed by atoms with Crippen LogP contribution in [0.2, 0.25) is 0 Å². The van der Waals surface area contributed by atoms with Crippen LogP contribution in [-0.2, 0) is 4.79 Å². The van der Waals surface area contributed by atoms with Gasteiger partial charge >= 0.3 is 0 Å². The van der Waals surface area contributed by atoms with Crippen molar-refractivity contribution in [3.63, 3.8) is 0 Å². The van der Waals surface area contributed by atoms with Gasteiger partial charge in [0, 0.05) is 17.9 Å². The molecule has 27 heavy (non-hydrogen) atoms. The van der Waals surface area contributed by atoms with Crippen molar-refractivity contribution in [1.29, 1.82) is 0 Å². The van der Waals surface area contributed by atoms with Gasteiger partial charge in [-0.15, -0.1) is 23.7 Å². The van der Waals surface area contributed by atoms with Gasteiger partial charge in [-0.05, 0) is 54.9 Å². The van der Waals surface area contributed by atoms with Crippen molar-refractivity contribution >= 4 is 46.9 Å². The molecular weight excluding hydrogens is 382 g/mol. The highest BCUT2D eigenvalue weighted by Gasteiger charge is 2.49. The molecule has 1 aliphatic heterocycles. The van der Waals surface area contributed by atoms with Crippen LogP contribution >= 0.6 is 23.7 Å². The lowest BCUT2D eigenvalue weighted by Gasteiger charge is -2.37. The average molecular weight is 406 g/mol. The van der Waals surface area contributed by atoms with Crippen LogP contribution in [0.4, 0.5) is 11.4 Å². The highest BCUT2D eigenvalue weighted by atomic mass is 35.5. The first-order chi connectivity index (χ1) is 12.7. The van der Waals surface area contributed by atoms with Crippen molar-refractivity contribution in [1.82, 2.24) is 5.32 Å². The molecule has 144 valence electrons. The second-order valence-electron chi connectivity index (χ2n) is 7.20. The topological polar surface area (TPSA) is 70.2 Å². The summed E-state index contributed by atoms with van der Waals surface area (Å²) in [6.07, 6.45) is 4.40. The number of nitrogens with one attached hydrogen (secondary N) is 3. The number of thiophene rings is 1. The third kappa shape index (κ3) is 4.03. The Bertz CT molecular complexity index is 811. The summed E-state index contributed by atoms with van der Waals surface area (Å²) < 4.78 is 0. The van der Waals surface area contributed by atoms with Crippen LogP contribution in [0.5, 0.6) is 0 Å². The first kappa shape index (κ1) is 19.9. The van der Waals surface area contributed by atoms with Crippen molar-refractivity contribution in [3.05, 3.63) is 46.7 Å². The molecule has 1 aromatic heterocycles. The molecule has 2 aliphatic rings. The number of rotatable bonds is 4. The zero-order valence-electron chi connectivity index (χ0n) is 15.0. The number of anilines is 2. The molecular formula is C20H24ClN3O2S. The van der Waals surface area contributed by atoms with Crippen LogP contribution in [0.1, 0.15) is 35.4 Å². The second-order valence-corrected chi connectivity index (χ2v) is 8.14. The largest absolute Gasteiger partial charge is 0.325 e. The van der Waals surface area contributed by atoms with Crippen LogP contribution in [0.25, 0.3) is 0 Å². The number of carbonyl (C=O) groups excluding carboxylic acids is 2. The van der Waals surface area contributed by atoms with Gasteiger partial charge in [0.1, 0.15) is 0 Å². The molecule has 0 radical (unpaired) electrons. The third-order valence-electron chi connectivity index (χ3n) is 5.61. The molecule has 7 heteroatoms. The van der Waals surface area contributed by atoms with Gasteiger partial charge in [-0.1, -0.05) is 25.0 Å². The maximum absolute atomic E-state index is 13.1. The number of amides is 2. The maximum Gasteiger partial charge on any atom is 0.265 e. The van der Waals surface area contributed by atoms with Gasteiger partial charge in [-0.25, -0.2) is 0 Å². The standard InChI is InChI=1S/C20H23N3O2S.ClH/c24-18(17-8-4-10-26-17)22-15-6-3-7-16(11-15)23-19(25)20-9-2-1-5-14(20)12-21-13-20;/h3-4,6-8,10-11,14,21H,1-2,5,9,12-13H2,(H,22,24)(H,23,25);1H/t14-,20+;/m0./s1. The Balaban J connectivity index is 0.00000210. The normalized spacial score (nSPS) is 23.8. The zero-order valence-corrected chi connectivity index (χ0v) is 16.6. The van der Waals surface area contributed by atoms with Gasteiger partial charge in [-0.2, -0.15) is 0 Å². The first-order valence-electron chi connectivity index (χ1n) is 9.14. The Morgan fingerprint density at radius 2 is 1.93 bits per heavy atom. The molecule has 2 heterocycles. The van der Waals surface area contributed by atoms with E-state index >= 15 is 0 Å². The van der Waals surface area contributed by atoms with Crippen LogP contribution in [0.15, 0.2) is 41.8 Å². The molecule has 1 saturated heterocycles. The first-order valence-corrected chi connectivity index (χ1v) is 10.0. The smallest absolute Gasteiger partial charge is 0.265 e. The Morgan fingerprint density at radius 1 is 1.11 bits per heavy atom. The number of carbonyl (C=O) groups is 2. The van der Waals surface area contributed by atoms with E-state index < -0.39 is 0 Å². The fraction of sp³-hybridized carbons (Fsp3) is 0.400. The van der Waals surface area contributed by atoms with E-state index in [2.05, 4.69) is 16.0 Å². The minimum atomic E-state index is -0.283. The molecule has 2 aromatic rings. The SMILES string of the molecule is Cl.O=C(Nc1cccc(NC(=O)[C@@]23CCCC[C@H]2CNC3)c1)c1cccs1. The van der Waals surface area contributed by atoms with Crippen LogP contribution in [0.3, 0.4) is 0 Å². The molecule has 2 amide bonds. The lowest BCUT2D eigenvalue weighted by molar-refractivity contribution is -0.128. The van der Waals surface area contributed by atoms with Gasteiger partial charge in [0.15, 0.2) is 0 Å². The minimum absolute atomic E-state index is 0. The van der Waals surface area contributed by atoms with E-state index in [1.807, 2.05) is 35.7 Å². The van der Waals surface area contributed by atoms with E-state index in [-0.39, 0.29) is 29.6 Å². The fourth-order valence-corrected chi connectivity index (χ4v) is 4.84. The Kier molecular flexibility index (Phi) is 6.19. The summed E-state index contributed by atoms with van der Waals surface area (Å²) >= 11 is 1.40. The number of hydrogen-bond acceptors (Lipinski definition) is 4. The molecule has 0 bridgehead atoms. The minimum Gasteiger partial charge on any atom is -0.325 e. The monoisotopic (exact) mass is 405 g/mol. The van der Waals surface area contributed by atoms with Gasteiger partial charge in [0.2, 0.25) is 5.91 Å². The van der Waals surface area contributed by atoms with Gasteiger partial charge < -0.3 is 16.0 Å². The maximum atomic E-state index is 13.1. The molecule has 5 nitrogen and oxygen atoms in total. The number of benzene rings is 1. The summed E-state index contributed by atoms with van der Waals surface area (Å²) in [6.45, 7) is 1.70. The molecule has 0 spiro atoms. The molecule has 0 unspecified atom stereocenters. The van der Waals surface area contributed by atoms with Crippen LogP contribution in [0, 0.1) is 11.3 Å². The Morgan fingerprint density at radius 3 is 2.70 bits per heavy atom. The van der Waals surface area contributed by atoms with E-state index in [0.29, 0.717) is 16.5 Å². The summed E-state index contributed by atoms with van der Waals surface area (Å²) in [6, 6.07) is 11.0.